The molecular formula is C14H18O2. The molecule has 0 aliphatic heterocycles. The summed E-state index contributed by atoms with van der Waals surface area (Å²) in [7, 11) is 3.54. The molecule has 0 unspecified atom stereocenters. The Hall–Kier alpha value is -1.18. The zero-order valence-electron chi connectivity index (χ0n) is 9.95. The van der Waals surface area contributed by atoms with Gasteiger partial charge in [0.1, 0.15) is 11.5 Å². The molecule has 4 rings (SSSR count). The van der Waals surface area contributed by atoms with Gasteiger partial charge in [-0.3, -0.25) is 0 Å². The maximum atomic E-state index is 5.51. The van der Waals surface area contributed by atoms with E-state index >= 15 is 0 Å². The fourth-order valence-corrected chi connectivity index (χ4v) is 3.47. The van der Waals surface area contributed by atoms with E-state index in [4.69, 9.17) is 9.47 Å². The number of ether oxygens (including phenoxy) is 2. The second kappa shape index (κ2) is 3.69. The van der Waals surface area contributed by atoms with E-state index in [9.17, 15) is 0 Å². The Balaban J connectivity index is 2.21. The second-order valence-electron chi connectivity index (χ2n) is 4.85. The van der Waals surface area contributed by atoms with Crippen molar-refractivity contribution in [1.82, 2.24) is 0 Å². The molecule has 2 heteroatoms. The summed E-state index contributed by atoms with van der Waals surface area (Å²) < 4.78 is 11.0. The van der Waals surface area contributed by atoms with E-state index in [1.54, 1.807) is 14.2 Å². The van der Waals surface area contributed by atoms with Crippen LogP contribution < -0.4 is 9.47 Å². The number of benzene rings is 1. The summed E-state index contributed by atoms with van der Waals surface area (Å²) in [5.41, 5.74) is 2.87. The van der Waals surface area contributed by atoms with Gasteiger partial charge in [-0.2, -0.15) is 0 Å². The van der Waals surface area contributed by atoms with Crippen LogP contribution in [0.25, 0.3) is 0 Å². The first-order valence-electron chi connectivity index (χ1n) is 6.10. The van der Waals surface area contributed by atoms with Crippen molar-refractivity contribution in [2.24, 2.45) is 0 Å². The van der Waals surface area contributed by atoms with Crippen molar-refractivity contribution in [3.63, 3.8) is 0 Å². The number of hydrogen-bond donors (Lipinski definition) is 0. The average Bonchev–Trinajstić information content (AvgIpc) is 2.38. The summed E-state index contributed by atoms with van der Waals surface area (Å²) in [5.74, 6) is 3.52. The normalized spacial score (nSPS) is 26.4. The van der Waals surface area contributed by atoms with Gasteiger partial charge in [0.15, 0.2) is 0 Å². The first kappa shape index (κ1) is 10.0. The fourth-order valence-electron chi connectivity index (χ4n) is 3.47. The van der Waals surface area contributed by atoms with E-state index in [0.29, 0.717) is 11.8 Å². The quantitative estimate of drug-likeness (QED) is 0.756. The molecule has 3 aliphatic rings. The Bertz CT molecular complexity index is 364. The van der Waals surface area contributed by atoms with Gasteiger partial charge in [0.2, 0.25) is 0 Å². The van der Waals surface area contributed by atoms with Crippen molar-refractivity contribution in [1.29, 1.82) is 0 Å². The van der Waals surface area contributed by atoms with Crippen molar-refractivity contribution >= 4 is 0 Å². The Kier molecular flexibility index (Phi) is 2.31. The van der Waals surface area contributed by atoms with Crippen LogP contribution in [0, 0.1) is 0 Å². The Morgan fingerprint density at radius 3 is 1.50 bits per heavy atom. The lowest BCUT2D eigenvalue weighted by atomic mass is 9.66. The van der Waals surface area contributed by atoms with E-state index < -0.39 is 0 Å². The predicted octanol–water partition coefficient (Wildman–Crippen LogP) is 3.46. The highest BCUT2D eigenvalue weighted by molar-refractivity contribution is 5.54. The van der Waals surface area contributed by atoms with Gasteiger partial charge < -0.3 is 9.47 Å². The van der Waals surface area contributed by atoms with Crippen LogP contribution in [0.4, 0.5) is 0 Å². The van der Waals surface area contributed by atoms with Crippen molar-refractivity contribution in [3.05, 3.63) is 23.3 Å². The monoisotopic (exact) mass is 218 g/mol. The van der Waals surface area contributed by atoms with E-state index in [0.717, 1.165) is 11.5 Å². The molecule has 0 amide bonds. The fraction of sp³-hybridized carbons (Fsp3) is 0.571. The maximum Gasteiger partial charge on any atom is 0.122 e. The highest BCUT2D eigenvalue weighted by atomic mass is 16.5. The number of hydrogen-bond acceptors (Lipinski definition) is 2. The average molecular weight is 218 g/mol. The molecule has 86 valence electrons. The van der Waals surface area contributed by atoms with Gasteiger partial charge in [0.25, 0.3) is 0 Å². The van der Waals surface area contributed by atoms with Crippen molar-refractivity contribution in [2.75, 3.05) is 14.2 Å². The third-order valence-electron chi connectivity index (χ3n) is 4.19. The second-order valence-corrected chi connectivity index (χ2v) is 4.85. The Morgan fingerprint density at radius 1 is 0.812 bits per heavy atom. The molecule has 0 atom stereocenters. The van der Waals surface area contributed by atoms with Crippen LogP contribution in [-0.2, 0) is 0 Å². The molecule has 2 bridgehead atoms. The zero-order chi connectivity index (χ0) is 11.1. The molecule has 1 fully saturated rings. The summed E-state index contributed by atoms with van der Waals surface area (Å²) in [6, 6.07) is 4.11. The molecular weight excluding hydrogens is 200 g/mol. The lowest BCUT2D eigenvalue weighted by molar-refractivity contribution is 0.318. The van der Waals surface area contributed by atoms with E-state index in [-0.39, 0.29) is 0 Å². The molecule has 1 saturated carbocycles. The molecule has 0 radical (unpaired) electrons. The Labute approximate surface area is 96.6 Å². The molecule has 0 spiro atoms. The van der Waals surface area contributed by atoms with Crippen LogP contribution in [0.15, 0.2) is 12.1 Å². The molecule has 1 aromatic carbocycles. The molecule has 3 aliphatic carbocycles. The van der Waals surface area contributed by atoms with E-state index in [2.05, 4.69) is 12.1 Å². The SMILES string of the molecule is COc1ccc(OC)c2c1C1CCC2CC1. The van der Waals surface area contributed by atoms with E-state index in [1.165, 1.54) is 36.8 Å². The lowest BCUT2D eigenvalue weighted by Crippen LogP contribution is -2.23. The van der Waals surface area contributed by atoms with Gasteiger partial charge in [-0.25, -0.2) is 0 Å². The standard InChI is InChI=1S/C14H18O2/c1-15-11-7-8-12(16-2)14-10-5-3-9(4-6-10)13(11)14/h7-10H,3-6H2,1-2H3. The van der Waals surface area contributed by atoms with Gasteiger partial charge in [-0.1, -0.05) is 0 Å². The molecule has 2 nitrogen and oxygen atoms in total. The maximum absolute atomic E-state index is 5.51. The van der Waals surface area contributed by atoms with Gasteiger partial charge in [0.05, 0.1) is 14.2 Å². The van der Waals surface area contributed by atoms with Gasteiger partial charge in [-0.15, -0.1) is 0 Å². The topological polar surface area (TPSA) is 18.5 Å². The highest BCUT2D eigenvalue weighted by Gasteiger charge is 2.37. The minimum absolute atomic E-state index is 0.699. The first-order valence-corrected chi connectivity index (χ1v) is 6.10. The molecule has 16 heavy (non-hydrogen) atoms. The largest absolute Gasteiger partial charge is 0.496 e. The minimum Gasteiger partial charge on any atom is -0.496 e. The van der Waals surface area contributed by atoms with Crippen molar-refractivity contribution in [3.8, 4) is 11.5 Å². The van der Waals surface area contributed by atoms with Gasteiger partial charge in [0, 0.05) is 11.1 Å². The first-order chi connectivity index (χ1) is 7.85. The van der Waals surface area contributed by atoms with Crippen LogP contribution in [0.1, 0.15) is 48.6 Å². The Morgan fingerprint density at radius 2 is 1.19 bits per heavy atom. The highest BCUT2D eigenvalue weighted by Crippen LogP contribution is 2.55. The molecule has 0 aromatic heterocycles. The smallest absolute Gasteiger partial charge is 0.122 e. The van der Waals surface area contributed by atoms with Gasteiger partial charge in [-0.05, 0) is 49.7 Å². The molecule has 0 saturated heterocycles. The number of fused-ring (bicyclic) bond motifs is 2. The van der Waals surface area contributed by atoms with Crippen LogP contribution >= 0.6 is 0 Å². The molecule has 0 N–H and O–H groups in total. The summed E-state index contributed by atoms with van der Waals surface area (Å²) in [6.45, 7) is 0. The summed E-state index contributed by atoms with van der Waals surface area (Å²) in [5, 5.41) is 0. The van der Waals surface area contributed by atoms with Crippen molar-refractivity contribution < 1.29 is 9.47 Å². The molecule has 1 aromatic rings. The molecule has 0 heterocycles. The summed E-state index contributed by atoms with van der Waals surface area (Å²) >= 11 is 0. The van der Waals surface area contributed by atoms with Crippen molar-refractivity contribution in [2.45, 2.75) is 37.5 Å². The minimum atomic E-state index is 0.699. The summed E-state index contributed by atoms with van der Waals surface area (Å²) in [6.07, 6.45) is 5.28. The van der Waals surface area contributed by atoms with Crippen LogP contribution in [-0.4, -0.2) is 14.2 Å². The number of rotatable bonds is 2. The lowest BCUT2D eigenvalue weighted by Gasteiger charge is -2.39. The van der Waals surface area contributed by atoms with Gasteiger partial charge >= 0.3 is 0 Å². The summed E-state index contributed by atoms with van der Waals surface area (Å²) in [4.78, 5) is 0. The predicted molar refractivity (Wildman–Crippen MR) is 63.5 cm³/mol. The van der Waals surface area contributed by atoms with E-state index in [1.807, 2.05) is 0 Å². The number of methoxy groups -OCH3 is 2. The zero-order valence-corrected chi connectivity index (χ0v) is 9.95. The van der Waals surface area contributed by atoms with Crippen LogP contribution in [0.5, 0.6) is 11.5 Å². The third kappa shape index (κ3) is 1.25. The third-order valence-corrected chi connectivity index (χ3v) is 4.19. The van der Waals surface area contributed by atoms with Crippen LogP contribution in [0.2, 0.25) is 0 Å². The van der Waals surface area contributed by atoms with Crippen LogP contribution in [0.3, 0.4) is 0 Å².